The number of fused-ring (bicyclic) bond motifs is 1. The molecular formula is C20H22N8O. The summed E-state index contributed by atoms with van der Waals surface area (Å²) in [6, 6.07) is 1.93. The van der Waals surface area contributed by atoms with Crippen LogP contribution in [0.5, 0.6) is 0 Å². The number of nitrogens with one attached hydrogen (secondary N) is 1. The van der Waals surface area contributed by atoms with Crippen LogP contribution >= 0.6 is 0 Å². The Labute approximate surface area is 167 Å². The normalized spacial score (nSPS) is 14.2. The molecule has 1 aliphatic heterocycles. The monoisotopic (exact) mass is 390 g/mol. The number of aryl methyl sites for hydroxylation is 1. The van der Waals surface area contributed by atoms with E-state index >= 15 is 0 Å². The zero-order valence-corrected chi connectivity index (χ0v) is 16.5. The van der Waals surface area contributed by atoms with E-state index in [-0.39, 0.29) is 5.56 Å². The van der Waals surface area contributed by atoms with Gasteiger partial charge in [0.2, 0.25) is 0 Å². The first-order valence-electron chi connectivity index (χ1n) is 9.88. The molecule has 0 aromatic carbocycles. The molecule has 9 heteroatoms. The second-order valence-corrected chi connectivity index (χ2v) is 7.29. The summed E-state index contributed by atoms with van der Waals surface area (Å²) in [6.07, 6.45) is 10.1. The third kappa shape index (κ3) is 2.89. The minimum Gasteiger partial charge on any atom is -0.356 e. The van der Waals surface area contributed by atoms with E-state index in [0.717, 1.165) is 41.3 Å². The van der Waals surface area contributed by atoms with E-state index in [1.165, 1.54) is 17.4 Å². The van der Waals surface area contributed by atoms with Crippen molar-refractivity contribution < 1.29 is 0 Å². The van der Waals surface area contributed by atoms with Crippen molar-refractivity contribution in [1.82, 2.24) is 34.3 Å². The summed E-state index contributed by atoms with van der Waals surface area (Å²) in [5.74, 6) is 1.45. The summed E-state index contributed by atoms with van der Waals surface area (Å²) < 4.78 is 3.08. The maximum atomic E-state index is 12.6. The van der Waals surface area contributed by atoms with Crippen LogP contribution in [-0.2, 0) is 6.42 Å². The highest BCUT2D eigenvalue weighted by Gasteiger charge is 2.17. The van der Waals surface area contributed by atoms with Crippen LogP contribution in [0.3, 0.4) is 0 Å². The average Bonchev–Trinajstić information content (AvgIpc) is 3.48. The number of aromatic amines is 1. The molecule has 1 saturated heterocycles. The first-order valence-corrected chi connectivity index (χ1v) is 9.88. The third-order valence-corrected chi connectivity index (χ3v) is 5.49. The van der Waals surface area contributed by atoms with E-state index in [1.807, 2.05) is 26.1 Å². The highest BCUT2D eigenvalue weighted by molar-refractivity contribution is 5.76. The predicted octanol–water partition coefficient (Wildman–Crippen LogP) is 2.14. The van der Waals surface area contributed by atoms with Crippen molar-refractivity contribution >= 4 is 11.5 Å². The first-order chi connectivity index (χ1) is 14.2. The highest BCUT2D eigenvalue weighted by Crippen LogP contribution is 2.24. The van der Waals surface area contributed by atoms with Crippen LogP contribution < -0.4 is 10.5 Å². The Morgan fingerprint density at radius 1 is 1.17 bits per heavy atom. The smallest absolute Gasteiger partial charge is 0.277 e. The van der Waals surface area contributed by atoms with Gasteiger partial charge in [-0.15, -0.1) is 0 Å². The van der Waals surface area contributed by atoms with Gasteiger partial charge in [0.05, 0.1) is 12.4 Å². The molecule has 0 spiro atoms. The van der Waals surface area contributed by atoms with Crippen LogP contribution in [0.1, 0.15) is 31.0 Å². The Kier molecular flexibility index (Phi) is 4.15. The maximum absolute atomic E-state index is 12.6. The van der Waals surface area contributed by atoms with Gasteiger partial charge >= 0.3 is 0 Å². The van der Waals surface area contributed by atoms with Gasteiger partial charge < -0.3 is 9.88 Å². The highest BCUT2D eigenvalue weighted by atomic mass is 16.1. The number of hydrogen-bond donors (Lipinski definition) is 1. The minimum atomic E-state index is -0.0842. The fourth-order valence-electron chi connectivity index (χ4n) is 3.93. The van der Waals surface area contributed by atoms with Gasteiger partial charge in [0.25, 0.3) is 11.5 Å². The van der Waals surface area contributed by atoms with Crippen molar-refractivity contribution in [3.05, 3.63) is 52.5 Å². The first kappa shape index (κ1) is 17.6. The molecule has 29 heavy (non-hydrogen) atoms. The lowest BCUT2D eigenvalue weighted by Crippen LogP contribution is -2.21. The lowest BCUT2D eigenvalue weighted by molar-refractivity contribution is 0.797. The van der Waals surface area contributed by atoms with Crippen LogP contribution in [0, 0.1) is 6.92 Å². The fourth-order valence-corrected chi connectivity index (χ4v) is 3.93. The molecule has 0 saturated carbocycles. The van der Waals surface area contributed by atoms with Gasteiger partial charge in [-0.3, -0.25) is 4.79 Å². The molecule has 0 atom stereocenters. The van der Waals surface area contributed by atoms with Gasteiger partial charge in [-0.1, -0.05) is 6.92 Å². The summed E-state index contributed by atoms with van der Waals surface area (Å²) in [5, 5.41) is 8.73. The quantitative estimate of drug-likeness (QED) is 0.573. The Morgan fingerprint density at radius 3 is 2.79 bits per heavy atom. The summed E-state index contributed by atoms with van der Waals surface area (Å²) >= 11 is 0. The van der Waals surface area contributed by atoms with E-state index in [1.54, 1.807) is 23.3 Å². The topological polar surface area (TPSA) is 97.0 Å². The number of hydrogen-bond acceptors (Lipinski definition) is 6. The van der Waals surface area contributed by atoms with Gasteiger partial charge in [0.1, 0.15) is 11.5 Å². The van der Waals surface area contributed by atoms with Crippen LogP contribution in [0.2, 0.25) is 0 Å². The molecule has 1 fully saturated rings. The number of aromatic nitrogens is 7. The number of H-pyrrole nitrogens is 1. The molecule has 4 aromatic heterocycles. The Bertz CT molecular complexity index is 1250. The van der Waals surface area contributed by atoms with E-state index in [9.17, 15) is 4.79 Å². The van der Waals surface area contributed by atoms with E-state index < -0.39 is 0 Å². The molecule has 0 amide bonds. The molecule has 1 N–H and O–H groups in total. The SMILES string of the molecule is CCc1c(C)[nH]c2c(-c3cnn(-c4nccc(N5CCCC5)n4)c3)cnn2c1=O. The predicted molar refractivity (Wildman–Crippen MR) is 110 cm³/mol. The lowest BCUT2D eigenvalue weighted by atomic mass is 10.1. The molecule has 9 nitrogen and oxygen atoms in total. The largest absolute Gasteiger partial charge is 0.356 e. The number of rotatable bonds is 4. The van der Waals surface area contributed by atoms with Gasteiger partial charge in [-0.05, 0) is 32.3 Å². The summed E-state index contributed by atoms with van der Waals surface area (Å²) in [4.78, 5) is 27.3. The third-order valence-electron chi connectivity index (χ3n) is 5.49. The van der Waals surface area contributed by atoms with Crippen molar-refractivity contribution in [2.45, 2.75) is 33.1 Å². The number of anilines is 1. The van der Waals surface area contributed by atoms with Crippen molar-refractivity contribution in [2.24, 2.45) is 0 Å². The standard InChI is InChI=1S/C20H22N8O/c1-3-15-13(2)24-18-16(11-23-28(18)19(15)29)14-10-22-27(12-14)20-21-7-6-17(25-20)26-8-4-5-9-26/h6-7,10-12,24H,3-5,8-9H2,1-2H3. The van der Waals surface area contributed by atoms with Gasteiger partial charge in [-0.25, -0.2) is 9.67 Å². The Balaban J connectivity index is 1.54. The molecule has 0 radical (unpaired) electrons. The Hall–Kier alpha value is -3.49. The second kappa shape index (κ2) is 6.84. The van der Waals surface area contributed by atoms with Gasteiger partial charge in [0.15, 0.2) is 0 Å². The zero-order chi connectivity index (χ0) is 20.0. The van der Waals surface area contributed by atoms with Crippen LogP contribution in [0.15, 0.2) is 35.6 Å². The van der Waals surface area contributed by atoms with Gasteiger partial charge in [0, 0.05) is 47.9 Å². The van der Waals surface area contributed by atoms with Crippen molar-refractivity contribution in [3.8, 4) is 17.1 Å². The van der Waals surface area contributed by atoms with Crippen molar-refractivity contribution in [3.63, 3.8) is 0 Å². The lowest BCUT2D eigenvalue weighted by Gasteiger charge is -2.16. The maximum Gasteiger partial charge on any atom is 0.277 e. The molecule has 0 aliphatic carbocycles. The van der Waals surface area contributed by atoms with E-state index in [0.29, 0.717) is 18.0 Å². The Morgan fingerprint density at radius 2 is 2.00 bits per heavy atom. The minimum absolute atomic E-state index is 0.0842. The molecule has 1 aliphatic rings. The average molecular weight is 390 g/mol. The van der Waals surface area contributed by atoms with Crippen molar-refractivity contribution in [2.75, 3.05) is 18.0 Å². The number of nitrogens with zero attached hydrogens (tertiary/aromatic N) is 7. The van der Waals surface area contributed by atoms with Gasteiger partial charge in [-0.2, -0.15) is 19.7 Å². The van der Waals surface area contributed by atoms with Crippen LogP contribution in [0.25, 0.3) is 22.7 Å². The van der Waals surface area contributed by atoms with E-state index in [2.05, 4.69) is 30.0 Å². The molecule has 5 heterocycles. The summed E-state index contributed by atoms with van der Waals surface area (Å²) in [5.41, 5.74) is 3.84. The molecular weight excluding hydrogens is 368 g/mol. The van der Waals surface area contributed by atoms with Crippen molar-refractivity contribution in [1.29, 1.82) is 0 Å². The molecule has 0 unspecified atom stereocenters. The van der Waals surface area contributed by atoms with Crippen LogP contribution in [-0.4, -0.2) is 47.4 Å². The van der Waals surface area contributed by atoms with E-state index in [4.69, 9.17) is 0 Å². The molecule has 4 aromatic rings. The molecule has 0 bridgehead atoms. The summed E-state index contributed by atoms with van der Waals surface area (Å²) in [6.45, 7) is 5.93. The van der Waals surface area contributed by atoms with Crippen LogP contribution in [0.4, 0.5) is 5.82 Å². The fraction of sp³-hybridized carbons (Fsp3) is 0.350. The molecule has 148 valence electrons. The zero-order valence-electron chi connectivity index (χ0n) is 16.5. The molecule has 5 rings (SSSR count). The summed E-state index contributed by atoms with van der Waals surface area (Å²) in [7, 11) is 0. The second-order valence-electron chi connectivity index (χ2n) is 7.29.